The highest BCUT2D eigenvalue weighted by molar-refractivity contribution is 5.71. The van der Waals surface area contributed by atoms with E-state index in [1.54, 1.807) is 36.3 Å². The lowest BCUT2D eigenvalue weighted by Crippen LogP contribution is -2.22. The second kappa shape index (κ2) is 5.50. The van der Waals surface area contributed by atoms with Gasteiger partial charge in [0.2, 0.25) is 0 Å². The van der Waals surface area contributed by atoms with Gasteiger partial charge in [0.25, 0.3) is 5.56 Å². The third-order valence-corrected chi connectivity index (χ3v) is 4.42. The van der Waals surface area contributed by atoms with Gasteiger partial charge in [0.15, 0.2) is 5.52 Å². The van der Waals surface area contributed by atoms with Crippen molar-refractivity contribution in [3.8, 4) is 5.75 Å². The molecule has 23 heavy (non-hydrogen) atoms. The zero-order valence-electron chi connectivity index (χ0n) is 13.0. The van der Waals surface area contributed by atoms with Crippen LogP contribution in [0.4, 0.5) is 0 Å². The summed E-state index contributed by atoms with van der Waals surface area (Å²) in [6.45, 7) is 0.439. The SMILES string of the molecule is COc1cc2c(cc1Cn1cnc3cccnc3c1=O)CCC2. The van der Waals surface area contributed by atoms with Gasteiger partial charge in [-0.1, -0.05) is 6.07 Å². The Morgan fingerprint density at radius 2 is 2.04 bits per heavy atom. The molecule has 5 heteroatoms. The minimum absolute atomic E-state index is 0.127. The summed E-state index contributed by atoms with van der Waals surface area (Å²) in [7, 11) is 1.67. The molecule has 0 unspecified atom stereocenters. The lowest BCUT2D eigenvalue weighted by Gasteiger charge is -2.13. The highest BCUT2D eigenvalue weighted by Gasteiger charge is 2.16. The molecule has 5 nitrogen and oxygen atoms in total. The first-order valence-corrected chi connectivity index (χ1v) is 7.75. The number of rotatable bonds is 3. The maximum Gasteiger partial charge on any atom is 0.280 e. The zero-order valence-corrected chi connectivity index (χ0v) is 13.0. The van der Waals surface area contributed by atoms with Gasteiger partial charge < -0.3 is 4.74 Å². The summed E-state index contributed by atoms with van der Waals surface area (Å²) in [5.41, 5.74) is 4.62. The van der Waals surface area contributed by atoms with Gasteiger partial charge >= 0.3 is 0 Å². The second-order valence-electron chi connectivity index (χ2n) is 5.84. The summed E-state index contributed by atoms with van der Waals surface area (Å²) < 4.78 is 7.11. The van der Waals surface area contributed by atoms with E-state index in [9.17, 15) is 4.79 Å². The number of hydrogen-bond acceptors (Lipinski definition) is 4. The Morgan fingerprint density at radius 1 is 1.22 bits per heavy atom. The monoisotopic (exact) mass is 307 g/mol. The Kier molecular flexibility index (Phi) is 3.33. The van der Waals surface area contributed by atoms with Gasteiger partial charge in [-0.3, -0.25) is 9.36 Å². The lowest BCUT2D eigenvalue weighted by molar-refractivity contribution is 0.407. The molecule has 116 valence electrons. The van der Waals surface area contributed by atoms with Gasteiger partial charge in [-0.2, -0.15) is 0 Å². The van der Waals surface area contributed by atoms with E-state index in [-0.39, 0.29) is 5.56 Å². The molecule has 0 fully saturated rings. The Labute approximate surface area is 133 Å². The van der Waals surface area contributed by atoms with Crippen molar-refractivity contribution >= 4 is 11.0 Å². The van der Waals surface area contributed by atoms with Crippen molar-refractivity contribution in [2.24, 2.45) is 0 Å². The third-order valence-electron chi connectivity index (χ3n) is 4.42. The van der Waals surface area contributed by atoms with Crippen molar-refractivity contribution in [1.29, 1.82) is 0 Å². The first-order valence-electron chi connectivity index (χ1n) is 7.75. The summed E-state index contributed by atoms with van der Waals surface area (Å²) in [4.78, 5) is 21.1. The van der Waals surface area contributed by atoms with Crippen LogP contribution in [-0.2, 0) is 19.4 Å². The van der Waals surface area contributed by atoms with Gasteiger partial charge in [-0.25, -0.2) is 9.97 Å². The number of ether oxygens (including phenoxy) is 1. The predicted octanol–water partition coefficient (Wildman–Crippen LogP) is 2.34. The fraction of sp³-hybridized carbons (Fsp3) is 0.278. The molecular weight excluding hydrogens is 290 g/mol. The molecule has 1 aliphatic rings. The van der Waals surface area contributed by atoms with Crippen molar-refractivity contribution in [3.63, 3.8) is 0 Å². The Bertz CT molecular complexity index is 947. The summed E-state index contributed by atoms with van der Waals surface area (Å²) in [6.07, 6.45) is 6.58. The first-order chi connectivity index (χ1) is 11.3. The second-order valence-corrected chi connectivity index (χ2v) is 5.84. The highest BCUT2D eigenvalue weighted by Crippen LogP contribution is 2.30. The quantitative estimate of drug-likeness (QED) is 0.745. The Hall–Kier alpha value is -2.69. The maximum absolute atomic E-state index is 12.6. The summed E-state index contributed by atoms with van der Waals surface area (Å²) >= 11 is 0. The average molecular weight is 307 g/mol. The van der Waals surface area contributed by atoms with Crippen LogP contribution in [0, 0.1) is 0 Å². The molecule has 0 bridgehead atoms. The van der Waals surface area contributed by atoms with Crippen molar-refractivity contribution in [2.45, 2.75) is 25.8 Å². The lowest BCUT2D eigenvalue weighted by atomic mass is 10.0. The largest absolute Gasteiger partial charge is 0.496 e. The third kappa shape index (κ3) is 2.38. The van der Waals surface area contributed by atoms with Crippen molar-refractivity contribution in [2.75, 3.05) is 7.11 Å². The van der Waals surface area contributed by atoms with E-state index in [2.05, 4.69) is 22.1 Å². The molecule has 1 aromatic carbocycles. The topological polar surface area (TPSA) is 57.0 Å². The number of methoxy groups -OCH3 is 1. The number of fused-ring (bicyclic) bond motifs is 2. The van der Waals surface area contributed by atoms with E-state index in [0.717, 1.165) is 24.2 Å². The zero-order chi connectivity index (χ0) is 15.8. The predicted molar refractivity (Wildman–Crippen MR) is 87.9 cm³/mol. The molecular formula is C18H17N3O2. The summed E-state index contributed by atoms with van der Waals surface area (Å²) in [6, 6.07) is 7.85. The molecule has 2 heterocycles. The van der Waals surface area contributed by atoms with Crippen LogP contribution in [-0.4, -0.2) is 21.6 Å². The van der Waals surface area contributed by atoms with Crippen molar-refractivity contribution < 1.29 is 4.74 Å². The number of nitrogens with zero attached hydrogens (tertiary/aromatic N) is 3. The molecule has 0 saturated carbocycles. The summed E-state index contributed by atoms with van der Waals surface area (Å²) in [5.74, 6) is 0.832. The van der Waals surface area contributed by atoms with Crippen LogP contribution in [0.3, 0.4) is 0 Å². The van der Waals surface area contributed by atoms with E-state index in [1.165, 1.54) is 17.5 Å². The van der Waals surface area contributed by atoms with Crippen LogP contribution in [0.5, 0.6) is 5.75 Å². The Morgan fingerprint density at radius 3 is 2.87 bits per heavy atom. The van der Waals surface area contributed by atoms with E-state index in [1.807, 2.05) is 0 Å². The minimum Gasteiger partial charge on any atom is -0.496 e. The molecule has 0 amide bonds. The van der Waals surface area contributed by atoms with Crippen LogP contribution < -0.4 is 10.3 Å². The van der Waals surface area contributed by atoms with Crippen molar-refractivity contribution in [1.82, 2.24) is 14.5 Å². The molecule has 2 aromatic heterocycles. The fourth-order valence-electron chi connectivity index (χ4n) is 3.25. The number of aryl methyl sites for hydroxylation is 2. The normalized spacial score (nSPS) is 13.3. The minimum atomic E-state index is -0.127. The molecule has 0 saturated heterocycles. The average Bonchev–Trinajstić information content (AvgIpc) is 3.04. The van der Waals surface area contributed by atoms with E-state index >= 15 is 0 Å². The van der Waals surface area contributed by atoms with E-state index < -0.39 is 0 Å². The maximum atomic E-state index is 12.6. The van der Waals surface area contributed by atoms with Gasteiger partial charge in [0.05, 0.1) is 25.5 Å². The standard InChI is InChI=1S/C18H17N3O2/c1-23-16-9-13-5-2-4-12(13)8-14(16)10-21-11-20-15-6-3-7-19-17(15)18(21)22/h3,6-9,11H,2,4-5,10H2,1H3. The molecule has 0 aliphatic heterocycles. The van der Waals surface area contributed by atoms with Gasteiger partial charge in [-0.05, 0) is 48.6 Å². The summed E-state index contributed by atoms with van der Waals surface area (Å²) in [5, 5.41) is 0. The Balaban J connectivity index is 1.79. The molecule has 0 atom stereocenters. The van der Waals surface area contributed by atoms with Gasteiger partial charge in [-0.15, -0.1) is 0 Å². The van der Waals surface area contributed by atoms with Crippen LogP contribution in [0.1, 0.15) is 23.1 Å². The van der Waals surface area contributed by atoms with Crippen LogP contribution in [0.25, 0.3) is 11.0 Å². The highest BCUT2D eigenvalue weighted by atomic mass is 16.5. The van der Waals surface area contributed by atoms with Crippen LogP contribution >= 0.6 is 0 Å². The molecule has 3 aromatic rings. The molecule has 0 N–H and O–H groups in total. The van der Waals surface area contributed by atoms with E-state index in [0.29, 0.717) is 17.6 Å². The smallest absolute Gasteiger partial charge is 0.280 e. The number of benzene rings is 1. The number of aromatic nitrogens is 3. The molecule has 1 aliphatic carbocycles. The van der Waals surface area contributed by atoms with E-state index in [4.69, 9.17) is 4.74 Å². The fourth-order valence-corrected chi connectivity index (χ4v) is 3.25. The van der Waals surface area contributed by atoms with Crippen LogP contribution in [0.2, 0.25) is 0 Å². The van der Waals surface area contributed by atoms with Crippen molar-refractivity contribution in [3.05, 3.63) is 63.8 Å². The molecule has 4 rings (SSSR count). The van der Waals surface area contributed by atoms with Gasteiger partial charge in [0.1, 0.15) is 5.75 Å². The number of hydrogen-bond donors (Lipinski definition) is 0. The molecule has 0 spiro atoms. The van der Waals surface area contributed by atoms with Gasteiger partial charge in [0, 0.05) is 11.8 Å². The molecule has 0 radical (unpaired) electrons. The van der Waals surface area contributed by atoms with Crippen LogP contribution in [0.15, 0.2) is 41.6 Å². The number of pyridine rings is 1. The first kappa shape index (κ1) is 13.9.